The van der Waals surface area contributed by atoms with Crippen molar-refractivity contribution in [2.75, 3.05) is 0 Å². The van der Waals surface area contributed by atoms with Gasteiger partial charge in [0.05, 0.1) is 22.1 Å². The zero-order valence-electron chi connectivity index (χ0n) is 18.2. The zero-order chi connectivity index (χ0) is 22.0. The Bertz CT molecular complexity index is 1780. The molecule has 0 saturated carbocycles. The minimum absolute atomic E-state index is 0.102. The van der Waals surface area contributed by atoms with Crippen LogP contribution in [-0.4, -0.2) is 15.0 Å². The fraction of sp³-hybridized carbons (Fsp3) is 0.107. The number of fused-ring (bicyclic) bond motifs is 5. The molecule has 0 saturated heterocycles. The fourth-order valence-electron chi connectivity index (χ4n) is 4.78. The molecule has 0 fully saturated rings. The lowest BCUT2D eigenvalue weighted by atomic mass is 9.93. The van der Waals surface area contributed by atoms with Crippen LogP contribution in [0, 0.1) is 20.8 Å². The van der Waals surface area contributed by atoms with Gasteiger partial charge in [0.15, 0.2) is 0 Å². The van der Waals surface area contributed by atoms with Crippen molar-refractivity contribution < 1.29 is 0 Å². The van der Waals surface area contributed by atoms with Crippen molar-refractivity contribution in [1.82, 2.24) is 15.0 Å². The van der Waals surface area contributed by atoms with Gasteiger partial charge in [0.25, 0.3) is 5.56 Å². The number of nitrogens with one attached hydrogen (secondary N) is 1. The van der Waals surface area contributed by atoms with Crippen LogP contribution in [0.1, 0.15) is 16.8 Å². The van der Waals surface area contributed by atoms with E-state index >= 15 is 0 Å². The number of aromatic nitrogens is 3. The average Bonchev–Trinajstić information content (AvgIpc) is 2.78. The van der Waals surface area contributed by atoms with Gasteiger partial charge in [-0.3, -0.25) is 9.78 Å². The van der Waals surface area contributed by atoms with E-state index in [2.05, 4.69) is 30.1 Å². The second-order valence-corrected chi connectivity index (χ2v) is 8.50. The van der Waals surface area contributed by atoms with Gasteiger partial charge in [-0.05, 0) is 56.0 Å². The van der Waals surface area contributed by atoms with Crippen LogP contribution in [0.25, 0.3) is 54.7 Å². The lowest BCUT2D eigenvalue weighted by molar-refractivity contribution is 1.27. The van der Waals surface area contributed by atoms with E-state index in [4.69, 9.17) is 9.97 Å². The standard InChI is InChI=1S/C28H21N3O/c1-15-11-12-23-20(13-15)25(21-14-18-8-6-7-16(2)26(18)31-28(21)32)24-17(3)29-22-10-5-4-9-19(22)27(24)30-23/h4-14H,1-3H3,(H,31,32). The van der Waals surface area contributed by atoms with Crippen molar-refractivity contribution in [3.05, 3.63) is 93.9 Å². The van der Waals surface area contributed by atoms with Crippen molar-refractivity contribution in [3.8, 4) is 11.1 Å². The maximum atomic E-state index is 13.4. The highest BCUT2D eigenvalue weighted by atomic mass is 16.1. The van der Waals surface area contributed by atoms with Gasteiger partial charge in [0.1, 0.15) is 0 Å². The van der Waals surface area contributed by atoms with Gasteiger partial charge in [-0.25, -0.2) is 4.98 Å². The molecule has 0 aliphatic heterocycles. The third-order valence-electron chi connectivity index (χ3n) is 6.31. The van der Waals surface area contributed by atoms with Crippen molar-refractivity contribution in [2.45, 2.75) is 20.8 Å². The second kappa shape index (κ2) is 6.72. The van der Waals surface area contributed by atoms with Gasteiger partial charge >= 0.3 is 0 Å². The number of aryl methyl sites for hydroxylation is 3. The summed E-state index contributed by atoms with van der Waals surface area (Å²) in [7, 11) is 0. The van der Waals surface area contributed by atoms with Gasteiger partial charge in [-0.1, -0.05) is 48.0 Å². The molecule has 0 aliphatic rings. The Morgan fingerprint density at radius 1 is 0.781 bits per heavy atom. The molecule has 32 heavy (non-hydrogen) atoms. The first kappa shape index (κ1) is 18.7. The largest absolute Gasteiger partial charge is 0.321 e. The molecule has 0 radical (unpaired) electrons. The molecular formula is C28H21N3O. The third kappa shape index (κ3) is 2.66. The Balaban J connectivity index is 1.88. The number of nitrogens with zero attached hydrogens (tertiary/aromatic N) is 2. The first-order chi connectivity index (χ1) is 15.5. The highest BCUT2D eigenvalue weighted by Crippen LogP contribution is 2.38. The number of hydrogen-bond acceptors (Lipinski definition) is 3. The van der Waals surface area contributed by atoms with Crippen molar-refractivity contribution in [2.24, 2.45) is 0 Å². The van der Waals surface area contributed by atoms with Crippen LogP contribution >= 0.6 is 0 Å². The fourth-order valence-corrected chi connectivity index (χ4v) is 4.78. The summed E-state index contributed by atoms with van der Waals surface area (Å²) in [5.41, 5.74) is 8.02. The minimum Gasteiger partial charge on any atom is -0.321 e. The molecule has 0 bridgehead atoms. The molecule has 154 valence electrons. The maximum Gasteiger partial charge on any atom is 0.256 e. The van der Waals surface area contributed by atoms with Crippen LogP contribution in [0.4, 0.5) is 0 Å². The van der Waals surface area contributed by atoms with Crippen LogP contribution in [-0.2, 0) is 0 Å². The molecule has 0 spiro atoms. The molecule has 0 atom stereocenters. The van der Waals surface area contributed by atoms with Crippen LogP contribution in [0.3, 0.4) is 0 Å². The zero-order valence-corrected chi connectivity index (χ0v) is 18.2. The van der Waals surface area contributed by atoms with Crippen LogP contribution < -0.4 is 5.56 Å². The molecule has 4 nitrogen and oxygen atoms in total. The van der Waals surface area contributed by atoms with E-state index in [9.17, 15) is 4.79 Å². The van der Waals surface area contributed by atoms with Crippen LogP contribution in [0.15, 0.2) is 71.5 Å². The summed E-state index contributed by atoms with van der Waals surface area (Å²) in [4.78, 5) is 26.5. The lowest BCUT2D eigenvalue weighted by Crippen LogP contribution is -2.10. The minimum atomic E-state index is -0.102. The van der Waals surface area contributed by atoms with Gasteiger partial charge in [-0.15, -0.1) is 0 Å². The Hall–Kier alpha value is -4.05. The Labute approximate surface area is 184 Å². The molecule has 1 N–H and O–H groups in total. The van der Waals surface area contributed by atoms with Gasteiger partial charge < -0.3 is 4.98 Å². The Morgan fingerprint density at radius 2 is 1.59 bits per heavy atom. The first-order valence-electron chi connectivity index (χ1n) is 10.7. The van der Waals surface area contributed by atoms with Crippen molar-refractivity contribution in [1.29, 1.82) is 0 Å². The number of rotatable bonds is 1. The molecular weight excluding hydrogens is 394 g/mol. The van der Waals surface area contributed by atoms with Crippen LogP contribution in [0.2, 0.25) is 0 Å². The highest BCUT2D eigenvalue weighted by molar-refractivity contribution is 6.17. The van der Waals surface area contributed by atoms with E-state index in [-0.39, 0.29) is 5.56 Å². The van der Waals surface area contributed by atoms with Crippen LogP contribution in [0.5, 0.6) is 0 Å². The van der Waals surface area contributed by atoms with Gasteiger partial charge in [-0.2, -0.15) is 0 Å². The van der Waals surface area contributed by atoms with Gasteiger partial charge in [0.2, 0.25) is 0 Å². The topological polar surface area (TPSA) is 58.6 Å². The summed E-state index contributed by atoms with van der Waals surface area (Å²) >= 11 is 0. The monoisotopic (exact) mass is 415 g/mol. The van der Waals surface area contributed by atoms with Crippen molar-refractivity contribution in [3.63, 3.8) is 0 Å². The normalized spacial score (nSPS) is 11.7. The SMILES string of the molecule is Cc1ccc2nc3c(c(C)nc4ccccc43)c(-c3cc4cccc(C)c4[nH]c3=O)c2c1. The molecule has 3 aromatic carbocycles. The number of aromatic amines is 1. The quantitative estimate of drug-likeness (QED) is 0.251. The molecule has 0 amide bonds. The van der Waals surface area contributed by atoms with Crippen molar-refractivity contribution >= 4 is 43.6 Å². The molecule has 3 heterocycles. The summed E-state index contributed by atoms with van der Waals surface area (Å²) in [6, 6.07) is 22.4. The van der Waals surface area contributed by atoms with E-state index in [0.29, 0.717) is 5.56 Å². The number of para-hydroxylation sites is 2. The first-order valence-corrected chi connectivity index (χ1v) is 10.7. The lowest BCUT2D eigenvalue weighted by Gasteiger charge is -2.15. The molecule has 6 aromatic rings. The predicted octanol–water partition coefficient (Wildman–Crippen LogP) is 6.37. The van der Waals surface area contributed by atoms with E-state index in [0.717, 1.165) is 66.0 Å². The van der Waals surface area contributed by atoms with E-state index in [1.165, 1.54) is 0 Å². The number of benzene rings is 3. The van der Waals surface area contributed by atoms with E-state index in [1.54, 1.807) is 0 Å². The Kier molecular flexibility index (Phi) is 3.93. The van der Waals surface area contributed by atoms with E-state index < -0.39 is 0 Å². The second-order valence-electron chi connectivity index (χ2n) is 8.50. The van der Waals surface area contributed by atoms with Gasteiger partial charge in [0, 0.05) is 33.0 Å². The summed E-state index contributed by atoms with van der Waals surface area (Å²) in [5.74, 6) is 0. The third-order valence-corrected chi connectivity index (χ3v) is 6.31. The predicted molar refractivity (Wildman–Crippen MR) is 132 cm³/mol. The summed E-state index contributed by atoms with van der Waals surface area (Å²) in [6.07, 6.45) is 0. The molecule has 4 heteroatoms. The molecule has 3 aromatic heterocycles. The maximum absolute atomic E-state index is 13.4. The highest BCUT2D eigenvalue weighted by Gasteiger charge is 2.19. The summed E-state index contributed by atoms with van der Waals surface area (Å²) in [6.45, 7) is 6.08. The molecule has 0 aliphatic carbocycles. The summed E-state index contributed by atoms with van der Waals surface area (Å²) < 4.78 is 0. The number of H-pyrrole nitrogens is 1. The number of pyridine rings is 3. The molecule has 0 unspecified atom stereocenters. The van der Waals surface area contributed by atoms with E-state index in [1.807, 2.05) is 62.4 Å². The molecule has 6 rings (SSSR count). The smallest absolute Gasteiger partial charge is 0.256 e. The Morgan fingerprint density at radius 3 is 2.47 bits per heavy atom. The average molecular weight is 415 g/mol. The number of hydrogen-bond donors (Lipinski definition) is 1. The summed E-state index contributed by atoms with van der Waals surface area (Å²) in [5, 5.41) is 3.90.